The normalized spacial score (nSPS) is 23.5. The molecule has 1 rings (SSSR count). The van der Waals surface area contributed by atoms with Crippen LogP contribution in [0.25, 0.3) is 0 Å². The molecule has 3 nitrogen and oxygen atoms in total. The van der Waals surface area contributed by atoms with Gasteiger partial charge in [0.2, 0.25) is 0 Å². The van der Waals surface area contributed by atoms with Crippen molar-refractivity contribution in [3.63, 3.8) is 0 Å². The largest absolute Gasteiger partial charge is 0.381 e. The standard InChI is InChI=1S/C8H17NO2/c1-2-8(10)9-7-3-5-11-6-4-7/h7-10H,2-6H2,1H3. The van der Waals surface area contributed by atoms with Gasteiger partial charge in [-0.2, -0.15) is 0 Å². The second kappa shape index (κ2) is 4.70. The van der Waals surface area contributed by atoms with Crippen LogP contribution in [0.5, 0.6) is 0 Å². The molecule has 0 bridgehead atoms. The highest BCUT2D eigenvalue weighted by Gasteiger charge is 2.15. The minimum absolute atomic E-state index is 0.335. The second-order valence-electron chi connectivity index (χ2n) is 2.98. The lowest BCUT2D eigenvalue weighted by molar-refractivity contribution is 0.0484. The minimum Gasteiger partial charge on any atom is -0.381 e. The van der Waals surface area contributed by atoms with Crippen molar-refractivity contribution in [2.24, 2.45) is 0 Å². The molecule has 1 aliphatic rings. The fourth-order valence-electron chi connectivity index (χ4n) is 1.25. The zero-order valence-electron chi connectivity index (χ0n) is 7.05. The SMILES string of the molecule is CCC(O)NC1CCOCC1. The van der Waals surface area contributed by atoms with Gasteiger partial charge in [0.05, 0.1) is 0 Å². The predicted molar refractivity (Wildman–Crippen MR) is 43.3 cm³/mol. The summed E-state index contributed by atoms with van der Waals surface area (Å²) in [5.74, 6) is 0. The van der Waals surface area contributed by atoms with Crippen molar-refractivity contribution in [2.75, 3.05) is 13.2 Å². The first-order valence-corrected chi connectivity index (χ1v) is 4.34. The van der Waals surface area contributed by atoms with Gasteiger partial charge in [-0.15, -0.1) is 0 Å². The molecule has 1 fully saturated rings. The van der Waals surface area contributed by atoms with Gasteiger partial charge < -0.3 is 9.84 Å². The van der Waals surface area contributed by atoms with Crippen molar-refractivity contribution < 1.29 is 9.84 Å². The second-order valence-corrected chi connectivity index (χ2v) is 2.98. The maximum atomic E-state index is 9.26. The van der Waals surface area contributed by atoms with Crippen LogP contribution in [-0.2, 0) is 4.74 Å². The summed E-state index contributed by atoms with van der Waals surface area (Å²) < 4.78 is 5.19. The number of hydrogen-bond acceptors (Lipinski definition) is 3. The molecule has 1 aliphatic heterocycles. The quantitative estimate of drug-likeness (QED) is 0.589. The molecule has 11 heavy (non-hydrogen) atoms. The molecule has 1 unspecified atom stereocenters. The fraction of sp³-hybridized carbons (Fsp3) is 1.00. The van der Waals surface area contributed by atoms with E-state index in [1.165, 1.54) is 0 Å². The lowest BCUT2D eigenvalue weighted by Gasteiger charge is -2.25. The van der Waals surface area contributed by atoms with Crippen LogP contribution in [0.1, 0.15) is 26.2 Å². The summed E-state index contributed by atoms with van der Waals surface area (Å²) in [4.78, 5) is 0. The van der Waals surface area contributed by atoms with Crippen molar-refractivity contribution in [1.82, 2.24) is 5.32 Å². The third-order valence-electron chi connectivity index (χ3n) is 2.04. The van der Waals surface area contributed by atoms with Crippen LogP contribution >= 0.6 is 0 Å². The van der Waals surface area contributed by atoms with Crippen molar-refractivity contribution in [3.05, 3.63) is 0 Å². The smallest absolute Gasteiger partial charge is 0.104 e. The highest BCUT2D eigenvalue weighted by atomic mass is 16.5. The summed E-state index contributed by atoms with van der Waals surface area (Å²) in [6.45, 7) is 3.62. The first-order chi connectivity index (χ1) is 5.33. The first kappa shape index (κ1) is 8.97. The van der Waals surface area contributed by atoms with E-state index in [1.54, 1.807) is 0 Å². The molecule has 0 amide bonds. The van der Waals surface area contributed by atoms with Crippen LogP contribution in [0.3, 0.4) is 0 Å². The minimum atomic E-state index is -0.335. The molecule has 3 heteroatoms. The van der Waals surface area contributed by atoms with Crippen LogP contribution in [0.15, 0.2) is 0 Å². The van der Waals surface area contributed by atoms with E-state index in [1.807, 2.05) is 6.92 Å². The molecule has 66 valence electrons. The Kier molecular flexibility index (Phi) is 3.83. The number of aliphatic hydroxyl groups excluding tert-OH is 1. The molecular formula is C8H17NO2. The van der Waals surface area contributed by atoms with Gasteiger partial charge in [-0.05, 0) is 19.3 Å². The summed E-state index contributed by atoms with van der Waals surface area (Å²) in [6.07, 6.45) is 2.49. The van der Waals surface area contributed by atoms with Crippen molar-refractivity contribution in [3.8, 4) is 0 Å². The molecular weight excluding hydrogens is 142 g/mol. The Hall–Kier alpha value is -0.120. The van der Waals surface area contributed by atoms with Gasteiger partial charge in [-0.25, -0.2) is 0 Å². The number of aliphatic hydroxyl groups is 1. The summed E-state index contributed by atoms with van der Waals surface area (Å²) in [5.41, 5.74) is 0. The molecule has 1 saturated heterocycles. The van der Waals surface area contributed by atoms with E-state index in [4.69, 9.17) is 4.74 Å². The predicted octanol–water partition coefficient (Wildman–Crippen LogP) is 0.483. The molecule has 1 atom stereocenters. The highest BCUT2D eigenvalue weighted by Crippen LogP contribution is 2.06. The molecule has 0 aromatic heterocycles. The Balaban J connectivity index is 2.13. The van der Waals surface area contributed by atoms with Gasteiger partial charge in [0, 0.05) is 19.3 Å². The molecule has 0 aromatic rings. The molecule has 2 N–H and O–H groups in total. The summed E-state index contributed by atoms with van der Waals surface area (Å²) >= 11 is 0. The fourth-order valence-corrected chi connectivity index (χ4v) is 1.25. The van der Waals surface area contributed by atoms with E-state index in [2.05, 4.69) is 5.32 Å². The van der Waals surface area contributed by atoms with Crippen molar-refractivity contribution in [1.29, 1.82) is 0 Å². The van der Waals surface area contributed by atoms with Crippen LogP contribution in [-0.4, -0.2) is 30.6 Å². The number of nitrogens with one attached hydrogen (secondary N) is 1. The van der Waals surface area contributed by atoms with E-state index < -0.39 is 0 Å². The summed E-state index contributed by atoms with van der Waals surface area (Å²) in [5, 5.41) is 12.4. The summed E-state index contributed by atoms with van der Waals surface area (Å²) in [7, 11) is 0. The average Bonchev–Trinajstić information content (AvgIpc) is 2.06. The zero-order valence-corrected chi connectivity index (χ0v) is 7.05. The average molecular weight is 159 g/mol. The van der Waals surface area contributed by atoms with Gasteiger partial charge in [0.1, 0.15) is 6.23 Å². The molecule has 1 heterocycles. The van der Waals surface area contributed by atoms with Gasteiger partial charge in [-0.3, -0.25) is 5.32 Å². The third kappa shape index (κ3) is 3.18. The maximum Gasteiger partial charge on any atom is 0.104 e. The lowest BCUT2D eigenvalue weighted by Crippen LogP contribution is -2.41. The number of hydrogen-bond donors (Lipinski definition) is 2. The summed E-state index contributed by atoms with van der Waals surface area (Å²) in [6, 6.07) is 0.457. The van der Waals surface area contributed by atoms with E-state index >= 15 is 0 Å². The Morgan fingerprint density at radius 2 is 2.18 bits per heavy atom. The van der Waals surface area contributed by atoms with E-state index in [9.17, 15) is 5.11 Å². The van der Waals surface area contributed by atoms with Crippen molar-refractivity contribution >= 4 is 0 Å². The van der Waals surface area contributed by atoms with Crippen LogP contribution in [0.2, 0.25) is 0 Å². The number of rotatable bonds is 3. The third-order valence-corrected chi connectivity index (χ3v) is 2.04. The number of ether oxygens (including phenoxy) is 1. The van der Waals surface area contributed by atoms with Crippen LogP contribution in [0.4, 0.5) is 0 Å². The Labute approximate surface area is 67.7 Å². The van der Waals surface area contributed by atoms with E-state index in [0.29, 0.717) is 6.04 Å². The topological polar surface area (TPSA) is 41.5 Å². The van der Waals surface area contributed by atoms with Crippen molar-refractivity contribution in [2.45, 2.75) is 38.5 Å². The van der Waals surface area contributed by atoms with Gasteiger partial charge in [-0.1, -0.05) is 6.92 Å². The van der Waals surface area contributed by atoms with E-state index in [0.717, 1.165) is 32.5 Å². The van der Waals surface area contributed by atoms with Gasteiger partial charge in [0.25, 0.3) is 0 Å². The highest BCUT2D eigenvalue weighted by molar-refractivity contribution is 4.70. The zero-order chi connectivity index (χ0) is 8.10. The monoisotopic (exact) mass is 159 g/mol. The van der Waals surface area contributed by atoms with E-state index in [-0.39, 0.29) is 6.23 Å². The molecule has 0 saturated carbocycles. The maximum absolute atomic E-state index is 9.26. The van der Waals surface area contributed by atoms with Gasteiger partial charge >= 0.3 is 0 Å². The Morgan fingerprint density at radius 1 is 1.55 bits per heavy atom. The Bertz CT molecular complexity index is 102. The first-order valence-electron chi connectivity index (χ1n) is 4.34. The van der Waals surface area contributed by atoms with Gasteiger partial charge in [0.15, 0.2) is 0 Å². The Morgan fingerprint density at radius 3 is 2.73 bits per heavy atom. The molecule has 0 spiro atoms. The molecule has 0 aromatic carbocycles. The lowest BCUT2D eigenvalue weighted by atomic mass is 10.1. The van der Waals surface area contributed by atoms with Crippen LogP contribution < -0.4 is 5.32 Å². The molecule has 0 radical (unpaired) electrons. The van der Waals surface area contributed by atoms with Crippen LogP contribution in [0, 0.1) is 0 Å². The molecule has 0 aliphatic carbocycles.